The third-order valence-electron chi connectivity index (χ3n) is 3.65. The lowest BCUT2D eigenvalue weighted by atomic mass is 10.0. The van der Waals surface area contributed by atoms with Gasteiger partial charge in [-0.25, -0.2) is 0 Å². The van der Waals surface area contributed by atoms with E-state index in [9.17, 15) is 0 Å². The number of aromatic nitrogens is 1. The molecule has 3 aromatic rings. The molecule has 1 nitrogen and oxygen atoms in total. The first kappa shape index (κ1) is 13.6. The summed E-state index contributed by atoms with van der Waals surface area (Å²) in [5.74, 6) is 0. The summed E-state index contributed by atoms with van der Waals surface area (Å²) in [6.45, 7) is 3.87. The lowest BCUT2D eigenvalue weighted by Crippen LogP contribution is -1.96. The van der Waals surface area contributed by atoms with Gasteiger partial charge in [-0.2, -0.15) is 0 Å². The first-order chi connectivity index (χ1) is 10.4. The van der Waals surface area contributed by atoms with E-state index in [1.165, 1.54) is 5.56 Å². The molecule has 0 bridgehead atoms. The van der Waals surface area contributed by atoms with Crippen molar-refractivity contribution in [1.29, 1.82) is 0 Å². The number of pyridine rings is 1. The van der Waals surface area contributed by atoms with Gasteiger partial charge in [0.1, 0.15) is 0 Å². The predicted molar refractivity (Wildman–Crippen MR) is 89.1 cm³/mol. The van der Waals surface area contributed by atoms with Gasteiger partial charge in [-0.1, -0.05) is 61.2 Å². The molecule has 0 saturated heterocycles. The summed E-state index contributed by atoms with van der Waals surface area (Å²) < 4.78 is 0. The summed E-state index contributed by atoms with van der Waals surface area (Å²) in [7, 11) is 0. The molecular weight excluding hydrogens is 254 g/mol. The summed E-state index contributed by atoms with van der Waals surface area (Å²) >= 11 is 0. The molecule has 21 heavy (non-hydrogen) atoms. The monoisotopic (exact) mass is 272 g/mol. The van der Waals surface area contributed by atoms with Crippen molar-refractivity contribution in [3.8, 4) is 0 Å². The van der Waals surface area contributed by atoms with Gasteiger partial charge in [0, 0.05) is 17.1 Å². The standard InChI is InChI=1S/C20H18N/c1-2-20-19-14-7-6-12-17(19)15-18(21-20)13-8-11-16-9-4-3-5-10-16/h2-7,9-10,12,14H,1,8,11,13H2. The van der Waals surface area contributed by atoms with Crippen molar-refractivity contribution in [2.45, 2.75) is 19.3 Å². The molecule has 0 unspecified atom stereocenters. The SMILES string of the molecule is C=Cc1nc(CCCc2ccccc2)[c]c2ccccc12. The van der Waals surface area contributed by atoms with E-state index in [0.29, 0.717) is 0 Å². The van der Waals surface area contributed by atoms with E-state index in [-0.39, 0.29) is 0 Å². The molecule has 0 aliphatic heterocycles. The van der Waals surface area contributed by atoms with E-state index in [4.69, 9.17) is 0 Å². The Morgan fingerprint density at radius 1 is 0.952 bits per heavy atom. The maximum absolute atomic E-state index is 4.68. The van der Waals surface area contributed by atoms with Gasteiger partial charge < -0.3 is 0 Å². The van der Waals surface area contributed by atoms with E-state index >= 15 is 0 Å². The molecule has 1 heteroatoms. The molecule has 0 aliphatic carbocycles. The van der Waals surface area contributed by atoms with Crippen LogP contribution in [0.2, 0.25) is 0 Å². The molecule has 103 valence electrons. The minimum Gasteiger partial charge on any atom is -0.252 e. The Hall–Kier alpha value is -2.41. The zero-order chi connectivity index (χ0) is 14.5. The average Bonchev–Trinajstić information content (AvgIpc) is 2.55. The zero-order valence-electron chi connectivity index (χ0n) is 12.0. The van der Waals surface area contributed by atoms with Gasteiger partial charge in [0.2, 0.25) is 0 Å². The number of hydrogen-bond acceptors (Lipinski definition) is 1. The summed E-state index contributed by atoms with van der Waals surface area (Å²) in [4.78, 5) is 4.68. The fraction of sp³-hybridized carbons (Fsp3) is 0.150. The predicted octanol–water partition coefficient (Wildman–Crippen LogP) is 4.85. The van der Waals surface area contributed by atoms with Crippen LogP contribution in [-0.2, 0) is 12.8 Å². The highest BCUT2D eigenvalue weighted by Gasteiger charge is 2.04. The molecule has 0 amide bonds. The number of nitrogens with zero attached hydrogens (tertiary/aromatic N) is 1. The van der Waals surface area contributed by atoms with E-state index in [1.54, 1.807) is 0 Å². The Morgan fingerprint density at radius 3 is 2.52 bits per heavy atom. The van der Waals surface area contributed by atoms with Crippen LogP contribution in [-0.4, -0.2) is 4.98 Å². The highest BCUT2D eigenvalue weighted by Crippen LogP contribution is 2.19. The van der Waals surface area contributed by atoms with Crippen molar-refractivity contribution in [3.63, 3.8) is 0 Å². The number of benzene rings is 2. The molecule has 0 N–H and O–H groups in total. The number of fused-ring (bicyclic) bond motifs is 1. The summed E-state index contributed by atoms with van der Waals surface area (Å²) in [6.07, 6.45) is 4.94. The van der Waals surface area contributed by atoms with E-state index in [1.807, 2.05) is 18.2 Å². The van der Waals surface area contributed by atoms with Gasteiger partial charge in [-0.15, -0.1) is 0 Å². The van der Waals surface area contributed by atoms with Gasteiger partial charge in [-0.05, 0) is 36.3 Å². The third kappa shape index (κ3) is 3.19. The van der Waals surface area contributed by atoms with Crippen LogP contribution in [0.25, 0.3) is 16.8 Å². The maximum Gasteiger partial charge on any atom is 0.0705 e. The third-order valence-corrected chi connectivity index (χ3v) is 3.65. The smallest absolute Gasteiger partial charge is 0.0705 e. The topological polar surface area (TPSA) is 12.9 Å². The second-order valence-electron chi connectivity index (χ2n) is 5.16. The maximum atomic E-state index is 4.68. The van der Waals surface area contributed by atoms with Crippen molar-refractivity contribution in [1.82, 2.24) is 4.98 Å². The Morgan fingerprint density at radius 2 is 1.71 bits per heavy atom. The molecule has 0 saturated carbocycles. The van der Waals surface area contributed by atoms with Gasteiger partial charge >= 0.3 is 0 Å². The molecule has 0 aliphatic rings. The highest BCUT2D eigenvalue weighted by molar-refractivity contribution is 5.88. The van der Waals surface area contributed by atoms with Crippen molar-refractivity contribution in [3.05, 3.63) is 84.2 Å². The van der Waals surface area contributed by atoms with Gasteiger partial charge in [0.05, 0.1) is 5.69 Å². The Labute approximate surface area is 126 Å². The van der Waals surface area contributed by atoms with Crippen molar-refractivity contribution >= 4 is 16.8 Å². The van der Waals surface area contributed by atoms with E-state index in [2.05, 4.69) is 60.1 Å². The second kappa shape index (κ2) is 6.36. The van der Waals surface area contributed by atoms with Crippen LogP contribution in [0.5, 0.6) is 0 Å². The van der Waals surface area contributed by atoms with Crippen LogP contribution >= 0.6 is 0 Å². The van der Waals surface area contributed by atoms with Crippen LogP contribution in [0.4, 0.5) is 0 Å². The number of hydrogen-bond donors (Lipinski definition) is 0. The van der Waals surface area contributed by atoms with Gasteiger partial charge in [0.25, 0.3) is 0 Å². The molecule has 1 heterocycles. The fourth-order valence-electron chi connectivity index (χ4n) is 2.58. The van der Waals surface area contributed by atoms with Gasteiger partial charge in [-0.3, -0.25) is 4.98 Å². The van der Waals surface area contributed by atoms with Crippen molar-refractivity contribution < 1.29 is 0 Å². The minimum atomic E-state index is 0.945. The molecule has 3 rings (SSSR count). The average molecular weight is 272 g/mol. The molecule has 1 aromatic heterocycles. The van der Waals surface area contributed by atoms with Gasteiger partial charge in [0.15, 0.2) is 0 Å². The largest absolute Gasteiger partial charge is 0.252 e. The number of aryl methyl sites for hydroxylation is 2. The second-order valence-corrected chi connectivity index (χ2v) is 5.16. The quantitative estimate of drug-likeness (QED) is 0.646. The van der Waals surface area contributed by atoms with Crippen LogP contribution in [0, 0.1) is 6.07 Å². The fourth-order valence-corrected chi connectivity index (χ4v) is 2.58. The van der Waals surface area contributed by atoms with Crippen molar-refractivity contribution in [2.24, 2.45) is 0 Å². The van der Waals surface area contributed by atoms with Crippen molar-refractivity contribution in [2.75, 3.05) is 0 Å². The molecule has 0 fully saturated rings. The van der Waals surface area contributed by atoms with E-state index < -0.39 is 0 Å². The minimum absolute atomic E-state index is 0.945. The Bertz CT molecular complexity index is 744. The Balaban J connectivity index is 1.76. The van der Waals surface area contributed by atoms with Crippen LogP contribution < -0.4 is 0 Å². The summed E-state index contributed by atoms with van der Waals surface area (Å²) in [5, 5.41) is 2.25. The first-order valence-corrected chi connectivity index (χ1v) is 7.34. The Kier molecular flexibility index (Phi) is 4.11. The molecule has 2 aromatic carbocycles. The van der Waals surface area contributed by atoms with Crippen LogP contribution in [0.15, 0.2) is 61.2 Å². The van der Waals surface area contributed by atoms with E-state index in [0.717, 1.165) is 41.4 Å². The summed E-state index contributed by atoms with van der Waals surface area (Å²) in [6, 6.07) is 22.2. The van der Waals surface area contributed by atoms with Crippen LogP contribution in [0.3, 0.4) is 0 Å². The molecule has 1 radical (unpaired) electrons. The highest BCUT2D eigenvalue weighted by atomic mass is 14.7. The molecule has 0 atom stereocenters. The molecular formula is C20H18N. The number of rotatable bonds is 5. The lowest BCUT2D eigenvalue weighted by molar-refractivity contribution is 0.799. The van der Waals surface area contributed by atoms with Crippen LogP contribution in [0.1, 0.15) is 23.4 Å². The zero-order valence-corrected chi connectivity index (χ0v) is 12.0. The lowest BCUT2D eigenvalue weighted by Gasteiger charge is -2.06. The summed E-state index contributed by atoms with van der Waals surface area (Å²) in [5.41, 5.74) is 3.36. The first-order valence-electron chi connectivity index (χ1n) is 7.34. The normalized spacial score (nSPS) is 10.7. The molecule has 0 spiro atoms.